The number of para-hydroxylation sites is 1. The molecule has 0 atom stereocenters. The zero-order valence-corrected chi connectivity index (χ0v) is 16.0. The minimum atomic E-state index is -0.142. The first kappa shape index (κ1) is 17.5. The van der Waals surface area contributed by atoms with Crippen LogP contribution < -0.4 is 5.32 Å². The number of rotatable bonds is 6. The first-order valence-electron chi connectivity index (χ1n) is 8.10. The van der Waals surface area contributed by atoms with Gasteiger partial charge in [0.25, 0.3) is 0 Å². The highest BCUT2D eigenvalue weighted by atomic mass is 32.2. The summed E-state index contributed by atoms with van der Waals surface area (Å²) in [6.07, 6.45) is 1.59. The molecular weight excluding hydrogens is 382 g/mol. The Morgan fingerprint density at radius 2 is 2.07 bits per heavy atom. The van der Waals surface area contributed by atoms with Gasteiger partial charge in [-0.25, -0.2) is 4.98 Å². The van der Waals surface area contributed by atoms with E-state index < -0.39 is 0 Å². The summed E-state index contributed by atoms with van der Waals surface area (Å²) in [5.74, 6) is 1.25. The fraction of sp³-hybridized carbons (Fsp3) is 0.111. The van der Waals surface area contributed by atoms with Crippen LogP contribution in [0.2, 0.25) is 0 Å². The van der Waals surface area contributed by atoms with E-state index >= 15 is 0 Å². The molecule has 0 aliphatic carbocycles. The lowest BCUT2D eigenvalue weighted by Gasteiger charge is -2.08. The van der Waals surface area contributed by atoms with Gasteiger partial charge < -0.3 is 9.73 Å². The second-order valence-electron chi connectivity index (χ2n) is 5.59. The smallest absolute Gasteiger partial charge is 0.236 e. The average molecular weight is 397 g/mol. The summed E-state index contributed by atoms with van der Waals surface area (Å²) in [5.41, 5.74) is 1.78. The molecule has 0 bridgehead atoms. The van der Waals surface area contributed by atoms with Gasteiger partial charge in [0.2, 0.25) is 11.7 Å². The molecule has 136 valence electrons. The number of furan rings is 1. The molecule has 7 nitrogen and oxygen atoms in total. The van der Waals surface area contributed by atoms with Gasteiger partial charge in [0.15, 0.2) is 16.0 Å². The van der Waals surface area contributed by atoms with Gasteiger partial charge in [0.1, 0.15) is 0 Å². The molecule has 0 aliphatic heterocycles. The van der Waals surface area contributed by atoms with Crippen LogP contribution in [0.3, 0.4) is 0 Å². The SMILES string of the molecule is Cc1csc(NC(=O)CSc2nnc(-c3ccco3)n2-c2ccccc2)n1. The van der Waals surface area contributed by atoms with Gasteiger partial charge in [-0.2, -0.15) is 0 Å². The zero-order chi connectivity index (χ0) is 18.6. The Morgan fingerprint density at radius 3 is 2.78 bits per heavy atom. The van der Waals surface area contributed by atoms with Gasteiger partial charge in [0.05, 0.1) is 17.7 Å². The Morgan fingerprint density at radius 1 is 1.22 bits per heavy atom. The molecule has 4 aromatic rings. The van der Waals surface area contributed by atoms with E-state index in [0.717, 1.165) is 11.4 Å². The summed E-state index contributed by atoms with van der Waals surface area (Å²) in [6.45, 7) is 1.89. The fourth-order valence-electron chi connectivity index (χ4n) is 2.44. The van der Waals surface area contributed by atoms with E-state index in [1.807, 2.05) is 53.3 Å². The van der Waals surface area contributed by atoms with Crippen LogP contribution in [-0.4, -0.2) is 31.4 Å². The maximum atomic E-state index is 12.2. The molecule has 0 unspecified atom stereocenters. The molecule has 3 aromatic heterocycles. The number of thioether (sulfide) groups is 1. The van der Waals surface area contributed by atoms with Crippen LogP contribution in [0.4, 0.5) is 5.13 Å². The topological polar surface area (TPSA) is 85.8 Å². The highest BCUT2D eigenvalue weighted by Crippen LogP contribution is 2.28. The van der Waals surface area contributed by atoms with Crippen molar-refractivity contribution in [1.82, 2.24) is 19.7 Å². The number of aromatic nitrogens is 4. The molecule has 0 radical (unpaired) electrons. The number of benzene rings is 1. The number of carbonyl (C=O) groups is 1. The summed E-state index contributed by atoms with van der Waals surface area (Å²) in [6, 6.07) is 13.4. The number of amides is 1. The predicted octanol–water partition coefficient (Wildman–Crippen LogP) is 4.02. The van der Waals surface area contributed by atoms with Crippen molar-refractivity contribution in [3.63, 3.8) is 0 Å². The van der Waals surface area contributed by atoms with E-state index in [1.165, 1.54) is 23.1 Å². The Hall–Kier alpha value is -2.91. The Labute approximate surface area is 163 Å². The van der Waals surface area contributed by atoms with E-state index in [-0.39, 0.29) is 11.7 Å². The minimum absolute atomic E-state index is 0.142. The Kier molecular flexibility index (Phi) is 5.03. The third-order valence-electron chi connectivity index (χ3n) is 3.59. The third-order valence-corrected chi connectivity index (χ3v) is 5.39. The molecule has 3 heterocycles. The van der Waals surface area contributed by atoms with Crippen LogP contribution in [0.5, 0.6) is 0 Å². The van der Waals surface area contributed by atoms with Crippen LogP contribution in [0.1, 0.15) is 5.69 Å². The van der Waals surface area contributed by atoms with Gasteiger partial charge in [-0.15, -0.1) is 21.5 Å². The Bertz CT molecular complexity index is 1040. The number of anilines is 1. The van der Waals surface area contributed by atoms with Crippen molar-refractivity contribution in [3.8, 4) is 17.3 Å². The molecule has 1 aromatic carbocycles. The van der Waals surface area contributed by atoms with Gasteiger partial charge in [-0.3, -0.25) is 9.36 Å². The number of carbonyl (C=O) groups excluding carboxylic acids is 1. The molecule has 27 heavy (non-hydrogen) atoms. The van der Waals surface area contributed by atoms with Gasteiger partial charge in [0, 0.05) is 11.1 Å². The van der Waals surface area contributed by atoms with Crippen LogP contribution in [0.25, 0.3) is 17.3 Å². The highest BCUT2D eigenvalue weighted by Gasteiger charge is 2.19. The molecule has 0 saturated heterocycles. The molecule has 0 fully saturated rings. The van der Waals surface area contributed by atoms with E-state index in [4.69, 9.17) is 4.42 Å². The van der Waals surface area contributed by atoms with Crippen molar-refractivity contribution >= 4 is 34.1 Å². The summed E-state index contributed by atoms with van der Waals surface area (Å²) in [4.78, 5) is 16.5. The lowest BCUT2D eigenvalue weighted by atomic mass is 10.3. The number of hydrogen-bond donors (Lipinski definition) is 1. The van der Waals surface area contributed by atoms with Crippen LogP contribution >= 0.6 is 23.1 Å². The van der Waals surface area contributed by atoms with Crippen molar-refractivity contribution in [2.45, 2.75) is 12.1 Å². The fourth-order valence-corrected chi connectivity index (χ4v) is 3.89. The van der Waals surface area contributed by atoms with E-state index in [2.05, 4.69) is 20.5 Å². The lowest BCUT2D eigenvalue weighted by molar-refractivity contribution is -0.113. The second-order valence-corrected chi connectivity index (χ2v) is 7.39. The summed E-state index contributed by atoms with van der Waals surface area (Å²) in [5, 5.41) is 14.4. The molecule has 4 rings (SSSR count). The van der Waals surface area contributed by atoms with Crippen LogP contribution in [0.15, 0.2) is 63.7 Å². The van der Waals surface area contributed by atoms with Crippen molar-refractivity contribution < 1.29 is 9.21 Å². The number of aryl methyl sites for hydroxylation is 1. The quantitative estimate of drug-likeness (QED) is 0.495. The van der Waals surface area contributed by atoms with Crippen molar-refractivity contribution in [2.24, 2.45) is 0 Å². The van der Waals surface area contributed by atoms with E-state index in [0.29, 0.717) is 21.9 Å². The normalized spacial score (nSPS) is 10.9. The minimum Gasteiger partial charge on any atom is -0.461 e. The number of nitrogens with one attached hydrogen (secondary N) is 1. The summed E-state index contributed by atoms with van der Waals surface area (Å²) < 4.78 is 7.36. The number of thiazole rings is 1. The predicted molar refractivity (Wildman–Crippen MR) is 105 cm³/mol. The number of nitrogens with zero attached hydrogens (tertiary/aromatic N) is 4. The average Bonchev–Trinajstić information content (AvgIpc) is 3.41. The van der Waals surface area contributed by atoms with E-state index in [9.17, 15) is 4.79 Å². The molecule has 1 N–H and O–H groups in total. The zero-order valence-electron chi connectivity index (χ0n) is 14.3. The Balaban J connectivity index is 1.56. The molecule has 0 aliphatic rings. The lowest BCUT2D eigenvalue weighted by Crippen LogP contribution is -2.14. The summed E-state index contributed by atoms with van der Waals surface area (Å²) >= 11 is 2.71. The molecule has 0 spiro atoms. The van der Waals surface area contributed by atoms with Crippen LogP contribution in [0, 0.1) is 6.92 Å². The highest BCUT2D eigenvalue weighted by molar-refractivity contribution is 7.99. The molecule has 1 amide bonds. The second kappa shape index (κ2) is 7.77. The largest absolute Gasteiger partial charge is 0.461 e. The van der Waals surface area contributed by atoms with Crippen molar-refractivity contribution in [2.75, 3.05) is 11.1 Å². The van der Waals surface area contributed by atoms with Gasteiger partial charge >= 0.3 is 0 Å². The van der Waals surface area contributed by atoms with Gasteiger partial charge in [-0.1, -0.05) is 30.0 Å². The third kappa shape index (κ3) is 3.93. The molecular formula is C18H15N5O2S2. The van der Waals surface area contributed by atoms with Crippen molar-refractivity contribution in [1.29, 1.82) is 0 Å². The summed E-state index contributed by atoms with van der Waals surface area (Å²) in [7, 11) is 0. The first-order valence-corrected chi connectivity index (χ1v) is 9.97. The maximum absolute atomic E-state index is 12.2. The maximum Gasteiger partial charge on any atom is 0.236 e. The standard InChI is InChI=1S/C18H15N5O2S2/c1-12-10-26-17(19-12)20-15(24)11-27-18-22-21-16(14-8-5-9-25-14)23(18)13-6-3-2-4-7-13/h2-10H,11H2,1H3,(H,19,20,24). The monoisotopic (exact) mass is 397 g/mol. The molecule has 0 saturated carbocycles. The molecule has 9 heteroatoms. The number of hydrogen-bond acceptors (Lipinski definition) is 7. The van der Waals surface area contributed by atoms with Gasteiger partial charge in [-0.05, 0) is 31.2 Å². The van der Waals surface area contributed by atoms with Crippen molar-refractivity contribution in [3.05, 3.63) is 59.8 Å². The van der Waals surface area contributed by atoms with Crippen LogP contribution in [-0.2, 0) is 4.79 Å². The van der Waals surface area contributed by atoms with E-state index in [1.54, 1.807) is 12.3 Å². The first-order chi connectivity index (χ1) is 13.2.